The molecule has 0 aliphatic carbocycles. The van der Waals surface area contributed by atoms with Gasteiger partial charge in [-0.05, 0) is 26.8 Å². The van der Waals surface area contributed by atoms with Crippen molar-refractivity contribution in [3.8, 4) is 0 Å². The van der Waals surface area contributed by atoms with Crippen molar-refractivity contribution in [2.24, 2.45) is 0 Å². The van der Waals surface area contributed by atoms with Crippen molar-refractivity contribution >= 4 is 11.8 Å². The van der Waals surface area contributed by atoms with Crippen molar-refractivity contribution in [1.29, 1.82) is 0 Å². The number of hydrogen-bond acceptors (Lipinski definition) is 4. The van der Waals surface area contributed by atoms with Crippen molar-refractivity contribution in [1.82, 2.24) is 9.88 Å². The zero-order valence-corrected chi connectivity index (χ0v) is 11.1. The van der Waals surface area contributed by atoms with Gasteiger partial charge in [-0.15, -0.1) is 0 Å². The largest absolute Gasteiger partial charge is 0.444 e. The van der Waals surface area contributed by atoms with Crippen LogP contribution < -0.4 is 5.73 Å². The zero-order chi connectivity index (χ0) is 13.3. The molecule has 0 fully saturated rings. The van der Waals surface area contributed by atoms with E-state index in [4.69, 9.17) is 10.5 Å². The van der Waals surface area contributed by atoms with Gasteiger partial charge in [-0.25, -0.2) is 4.79 Å². The summed E-state index contributed by atoms with van der Waals surface area (Å²) in [5.74, 6) is 0. The van der Waals surface area contributed by atoms with E-state index in [1.807, 2.05) is 20.8 Å². The van der Waals surface area contributed by atoms with E-state index in [2.05, 4.69) is 4.98 Å². The number of nitrogens with two attached hydrogens (primary N) is 1. The summed E-state index contributed by atoms with van der Waals surface area (Å²) in [4.78, 5) is 17.9. The number of aromatic nitrogens is 1. The normalized spacial score (nSPS) is 15.2. The molecule has 0 unspecified atom stereocenters. The van der Waals surface area contributed by atoms with Crippen LogP contribution in [0.15, 0.2) is 12.3 Å². The molecule has 0 aromatic carbocycles. The van der Waals surface area contributed by atoms with Crippen LogP contribution in [-0.4, -0.2) is 28.1 Å². The van der Waals surface area contributed by atoms with Gasteiger partial charge in [0, 0.05) is 36.1 Å². The lowest BCUT2D eigenvalue weighted by molar-refractivity contribution is 0.0223. The van der Waals surface area contributed by atoms with Crippen molar-refractivity contribution in [3.63, 3.8) is 0 Å². The van der Waals surface area contributed by atoms with Crippen LogP contribution in [0.3, 0.4) is 0 Å². The first kappa shape index (κ1) is 12.7. The highest BCUT2D eigenvalue weighted by atomic mass is 16.6. The van der Waals surface area contributed by atoms with Gasteiger partial charge >= 0.3 is 6.09 Å². The van der Waals surface area contributed by atoms with Crippen LogP contribution in [0.4, 0.5) is 10.5 Å². The van der Waals surface area contributed by atoms with Crippen molar-refractivity contribution in [2.75, 3.05) is 12.3 Å². The van der Waals surface area contributed by atoms with Crippen LogP contribution in [0, 0.1) is 0 Å². The topological polar surface area (TPSA) is 68.5 Å². The lowest BCUT2D eigenvalue weighted by Gasteiger charge is -2.31. The summed E-state index contributed by atoms with van der Waals surface area (Å²) in [5, 5.41) is 0. The fourth-order valence-corrected chi connectivity index (χ4v) is 1.94. The van der Waals surface area contributed by atoms with E-state index in [1.165, 1.54) is 0 Å². The van der Waals surface area contributed by atoms with Gasteiger partial charge in [0.15, 0.2) is 0 Å². The molecule has 1 amide bonds. The van der Waals surface area contributed by atoms with Crippen LogP contribution >= 0.6 is 0 Å². The summed E-state index contributed by atoms with van der Waals surface area (Å²) in [6.45, 7) is 6.68. The van der Waals surface area contributed by atoms with Crippen LogP contribution in [-0.2, 0) is 17.7 Å². The van der Waals surface area contributed by atoms with E-state index in [0.29, 0.717) is 18.8 Å². The number of carbonyl (C=O) groups excluding carboxylic acids is 1. The van der Waals surface area contributed by atoms with E-state index in [1.54, 1.807) is 17.2 Å². The number of anilines is 1. The lowest BCUT2D eigenvalue weighted by atomic mass is 10.0. The van der Waals surface area contributed by atoms with E-state index >= 15 is 0 Å². The van der Waals surface area contributed by atoms with Gasteiger partial charge in [0.2, 0.25) is 0 Å². The molecule has 1 aliphatic rings. The fraction of sp³-hybridized carbons (Fsp3) is 0.538. The maximum Gasteiger partial charge on any atom is 0.410 e. The molecule has 2 rings (SSSR count). The highest BCUT2D eigenvalue weighted by molar-refractivity contribution is 5.69. The molecule has 1 aromatic heterocycles. The summed E-state index contributed by atoms with van der Waals surface area (Å²) in [6, 6.07) is 1.76. The second kappa shape index (κ2) is 4.48. The first-order chi connectivity index (χ1) is 8.37. The molecular formula is C13H19N3O2. The number of amides is 1. The van der Waals surface area contributed by atoms with E-state index < -0.39 is 5.60 Å². The Bertz CT molecular complexity index is 466. The summed E-state index contributed by atoms with van der Waals surface area (Å²) in [6.07, 6.45) is 2.13. The highest BCUT2D eigenvalue weighted by Crippen LogP contribution is 2.23. The zero-order valence-electron chi connectivity index (χ0n) is 11.1. The minimum atomic E-state index is -0.474. The molecular weight excluding hydrogens is 230 g/mol. The van der Waals surface area contributed by atoms with E-state index in [0.717, 1.165) is 17.7 Å². The molecule has 2 N–H and O–H groups in total. The number of nitrogen functional groups attached to an aromatic ring is 1. The van der Waals surface area contributed by atoms with Gasteiger partial charge in [-0.3, -0.25) is 4.98 Å². The van der Waals surface area contributed by atoms with Crippen molar-refractivity contribution in [2.45, 2.75) is 39.3 Å². The lowest BCUT2D eigenvalue weighted by Crippen LogP contribution is -2.40. The Morgan fingerprint density at radius 3 is 2.89 bits per heavy atom. The molecule has 1 aromatic rings. The Kier molecular flexibility index (Phi) is 3.15. The molecule has 0 bridgehead atoms. The molecule has 1 aliphatic heterocycles. The number of fused-ring (bicyclic) bond motifs is 1. The van der Waals surface area contributed by atoms with Crippen LogP contribution in [0.25, 0.3) is 0 Å². The predicted octanol–water partition coefficient (Wildman–Crippen LogP) is 1.96. The Labute approximate surface area is 107 Å². The second-order valence-corrected chi connectivity index (χ2v) is 5.48. The van der Waals surface area contributed by atoms with Gasteiger partial charge in [-0.1, -0.05) is 0 Å². The predicted molar refractivity (Wildman–Crippen MR) is 69.0 cm³/mol. The Hall–Kier alpha value is -1.78. The molecule has 0 saturated heterocycles. The average Bonchev–Trinajstić information content (AvgIpc) is 2.27. The SMILES string of the molecule is CC(C)(C)OC(=O)N1CCc2nccc(N)c2C1. The smallest absolute Gasteiger partial charge is 0.410 e. The summed E-state index contributed by atoms with van der Waals surface area (Å²) >= 11 is 0. The minimum absolute atomic E-state index is 0.295. The van der Waals surface area contributed by atoms with E-state index in [-0.39, 0.29) is 6.09 Å². The number of ether oxygens (including phenoxy) is 1. The number of pyridine rings is 1. The van der Waals surface area contributed by atoms with Gasteiger partial charge < -0.3 is 15.4 Å². The van der Waals surface area contributed by atoms with Gasteiger partial charge in [0.25, 0.3) is 0 Å². The second-order valence-electron chi connectivity index (χ2n) is 5.48. The average molecular weight is 249 g/mol. The third-order valence-corrected chi connectivity index (χ3v) is 2.80. The molecule has 5 nitrogen and oxygen atoms in total. The van der Waals surface area contributed by atoms with Crippen LogP contribution in [0.2, 0.25) is 0 Å². The third kappa shape index (κ3) is 2.72. The van der Waals surface area contributed by atoms with Crippen LogP contribution in [0.5, 0.6) is 0 Å². The number of rotatable bonds is 0. The molecule has 0 saturated carbocycles. The third-order valence-electron chi connectivity index (χ3n) is 2.80. The Morgan fingerprint density at radius 2 is 2.22 bits per heavy atom. The highest BCUT2D eigenvalue weighted by Gasteiger charge is 2.26. The first-order valence-electron chi connectivity index (χ1n) is 6.07. The quantitative estimate of drug-likeness (QED) is 0.763. The summed E-state index contributed by atoms with van der Waals surface area (Å²) < 4.78 is 5.36. The molecule has 5 heteroatoms. The van der Waals surface area contributed by atoms with Crippen molar-refractivity contribution < 1.29 is 9.53 Å². The van der Waals surface area contributed by atoms with Crippen molar-refractivity contribution in [3.05, 3.63) is 23.5 Å². The fourth-order valence-electron chi connectivity index (χ4n) is 1.94. The Morgan fingerprint density at radius 1 is 1.50 bits per heavy atom. The molecule has 0 spiro atoms. The summed E-state index contributed by atoms with van der Waals surface area (Å²) in [5.41, 5.74) is 8.05. The molecule has 0 radical (unpaired) electrons. The van der Waals surface area contributed by atoms with Gasteiger partial charge in [0.1, 0.15) is 5.60 Å². The van der Waals surface area contributed by atoms with Gasteiger partial charge in [-0.2, -0.15) is 0 Å². The van der Waals surface area contributed by atoms with E-state index in [9.17, 15) is 4.79 Å². The Balaban J connectivity index is 2.12. The number of carbonyl (C=O) groups is 1. The first-order valence-corrected chi connectivity index (χ1v) is 6.07. The number of hydrogen-bond donors (Lipinski definition) is 1. The molecule has 2 heterocycles. The molecule has 18 heavy (non-hydrogen) atoms. The molecule has 0 atom stereocenters. The van der Waals surface area contributed by atoms with Crippen LogP contribution in [0.1, 0.15) is 32.0 Å². The maximum atomic E-state index is 12.0. The summed E-state index contributed by atoms with van der Waals surface area (Å²) in [7, 11) is 0. The maximum absolute atomic E-state index is 12.0. The standard InChI is InChI=1S/C13H19N3O2/c1-13(2,3)18-12(17)16-7-5-11-9(8-16)10(14)4-6-15-11/h4,6H,5,7-8H2,1-3H3,(H2,14,15). The molecule has 98 valence electrons. The van der Waals surface area contributed by atoms with Gasteiger partial charge in [0.05, 0.1) is 6.54 Å². The monoisotopic (exact) mass is 249 g/mol. The minimum Gasteiger partial charge on any atom is -0.444 e. The number of nitrogens with zero attached hydrogens (tertiary/aromatic N) is 2.